The molecule has 2 aromatic rings. The molecule has 17 heavy (non-hydrogen) atoms. The van der Waals surface area contributed by atoms with Crippen LogP contribution in [0, 0.1) is 0 Å². The van der Waals surface area contributed by atoms with Crippen molar-refractivity contribution in [3.05, 3.63) is 42.0 Å². The Kier molecular flexibility index (Phi) is 3.36. The molecule has 0 aliphatic heterocycles. The van der Waals surface area contributed by atoms with Gasteiger partial charge in [0.15, 0.2) is 0 Å². The minimum Gasteiger partial charge on any atom is -0.495 e. The summed E-state index contributed by atoms with van der Waals surface area (Å²) in [5.41, 5.74) is 4.66. The average Bonchev–Trinajstić information content (AvgIpc) is 2.77. The molecule has 0 fully saturated rings. The summed E-state index contributed by atoms with van der Waals surface area (Å²) in [6.45, 7) is 0. The Morgan fingerprint density at radius 1 is 1.35 bits per heavy atom. The number of hydrogen-bond acceptors (Lipinski definition) is 5. The number of ether oxygens (including phenoxy) is 1. The van der Waals surface area contributed by atoms with Crippen LogP contribution in [-0.2, 0) is 7.05 Å². The predicted molar refractivity (Wildman–Crippen MR) is 63.2 cm³/mol. The van der Waals surface area contributed by atoms with E-state index in [-0.39, 0.29) is 6.04 Å². The number of hydrazine groups is 1. The third kappa shape index (κ3) is 2.43. The Labute approximate surface area is 99.4 Å². The zero-order valence-corrected chi connectivity index (χ0v) is 9.79. The van der Waals surface area contributed by atoms with Gasteiger partial charge in [-0.3, -0.25) is 15.5 Å². The first-order valence-electron chi connectivity index (χ1n) is 5.18. The van der Waals surface area contributed by atoms with Gasteiger partial charge < -0.3 is 4.74 Å². The number of methoxy groups -OCH3 is 1. The third-order valence-corrected chi connectivity index (χ3v) is 2.53. The molecule has 0 spiro atoms. The van der Waals surface area contributed by atoms with E-state index in [0.29, 0.717) is 5.75 Å². The van der Waals surface area contributed by atoms with Crippen LogP contribution in [0.2, 0.25) is 0 Å². The summed E-state index contributed by atoms with van der Waals surface area (Å²) in [4.78, 5) is 4.11. The number of aromatic nitrogens is 3. The van der Waals surface area contributed by atoms with Gasteiger partial charge in [0.05, 0.1) is 25.5 Å². The highest BCUT2D eigenvalue weighted by molar-refractivity contribution is 5.32. The topological polar surface area (TPSA) is 78.0 Å². The van der Waals surface area contributed by atoms with E-state index >= 15 is 0 Å². The highest BCUT2D eigenvalue weighted by Crippen LogP contribution is 2.22. The smallest absolute Gasteiger partial charge is 0.137 e. The predicted octanol–water partition coefficient (Wildman–Crippen LogP) is 0.376. The molecular formula is C11H15N5O. The van der Waals surface area contributed by atoms with Gasteiger partial charge in [-0.05, 0) is 11.6 Å². The van der Waals surface area contributed by atoms with Crippen LogP contribution < -0.4 is 16.0 Å². The van der Waals surface area contributed by atoms with Gasteiger partial charge in [0.1, 0.15) is 5.75 Å². The maximum Gasteiger partial charge on any atom is 0.137 e. The largest absolute Gasteiger partial charge is 0.495 e. The Morgan fingerprint density at radius 3 is 2.76 bits per heavy atom. The van der Waals surface area contributed by atoms with Crippen molar-refractivity contribution in [2.75, 3.05) is 7.11 Å². The van der Waals surface area contributed by atoms with Crippen molar-refractivity contribution < 1.29 is 4.74 Å². The summed E-state index contributed by atoms with van der Waals surface area (Å²) >= 11 is 0. The fraction of sp³-hybridized carbons (Fsp3) is 0.273. The van der Waals surface area contributed by atoms with E-state index in [2.05, 4.69) is 15.5 Å². The number of pyridine rings is 1. The first-order chi connectivity index (χ1) is 8.24. The number of nitrogens with zero attached hydrogens (tertiary/aromatic N) is 3. The van der Waals surface area contributed by atoms with Crippen LogP contribution >= 0.6 is 0 Å². The molecule has 1 atom stereocenters. The van der Waals surface area contributed by atoms with E-state index in [1.54, 1.807) is 30.4 Å². The molecule has 1 unspecified atom stereocenters. The monoisotopic (exact) mass is 233 g/mol. The van der Waals surface area contributed by atoms with Crippen molar-refractivity contribution in [3.63, 3.8) is 0 Å². The Balaban J connectivity index is 2.34. The summed E-state index contributed by atoms with van der Waals surface area (Å²) in [6, 6.07) is 1.75. The van der Waals surface area contributed by atoms with Gasteiger partial charge in [0, 0.05) is 25.0 Å². The van der Waals surface area contributed by atoms with Crippen LogP contribution in [0.3, 0.4) is 0 Å². The summed E-state index contributed by atoms with van der Waals surface area (Å²) in [5, 5.41) is 4.12. The molecule has 0 saturated heterocycles. The quantitative estimate of drug-likeness (QED) is 0.589. The fourth-order valence-electron chi connectivity index (χ4n) is 1.68. The normalized spacial score (nSPS) is 12.4. The van der Waals surface area contributed by atoms with Crippen molar-refractivity contribution >= 4 is 0 Å². The second-order valence-corrected chi connectivity index (χ2v) is 3.71. The fourth-order valence-corrected chi connectivity index (χ4v) is 1.68. The van der Waals surface area contributed by atoms with Crippen molar-refractivity contribution in [2.45, 2.75) is 6.04 Å². The number of nitrogens with one attached hydrogen (secondary N) is 1. The van der Waals surface area contributed by atoms with Gasteiger partial charge in [-0.25, -0.2) is 5.43 Å². The van der Waals surface area contributed by atoms with Crippen LogP contribution in [0.5, 0.6) is 5.75 Å². The lowest BCUT2D eigenvalue weighted by atomic mass is 10.0. The first kappa shape index (κ1) is 11.6. The summed E-state index contributed by atoms with van der Waals surface area (Å²) in [5.74, 6) is 6.28. The van der Waals surface area contributed by atoms with Crippen molar-refractivity contribution in [1.29, 1.82) is 0 Å². The summed E-state index contributed by atoms with van der Waals surface area (Å²) < 4.78 is 6.87. The zero-order chi connectivity index (χ0) is 12.3. The van der Waals surface area contributed by atoms with E-state index in [9.17, 15) is 0 Å². The number of rotatable bonds is 4. The van der Waals surface area contributed by atoms with Crippen LogP contribution in [0.1, 0.15) is 17.2 Å². The number of hydrogen-bond donors (Lipinski definition) is 2. The van der Waals surface area contributed by atoms with Crippen LogP contribution in [0.4, 0.5) is 0 Å². The van der Waals surface area contributed by atoms with E-state index < -0.39 is 0 Å². The SMILES string of the molecule is COc1cncc(C(NN)c2cnn(C)c2)c1. The van der Waals surface area contributed by atoms with Gasteiger partial charge in [-0.1, -0.05) is 0 Å². The third-order valence-electron chi connectivity index (χ3n) is 2.53. The summed E-state index contributed by atoms with van der Waals surface area (Å²) in [7, 11) is 3.47. The average molecular weight is 233 g/mol. The van der Waals surface area contributed by atoms with Crippen molar-refractivity contribution in [2.24, 2.45) is 12.9 Å². The van der Waals surface area contributed by atoms with Crippen molar-refractivity contribution in [1.82, 2.24) is 20.2 Å². The van der Waals surface area contributed by atoms with E-state index in [1.165, 1.54) is 0 Å². The highest BCUT2D eigenvalue weighted by Gasteiger charge is 2.15. The number of nitrogens with two attached hydrogens (primary N) is 1. The first-order valence-corrected chi connectivity index (χ1v) is 5.18. The van der Waals surface area contributed by atoms with Gasteiger partial charge in [-0.15, -0.1) is 0 Å². The molecule has 3 N–H and O–H groups in total. The van der Waals surface area contributed by atoms with Crippen LogP contribution in [0.15, 0.2) is 30.9 Å². The molecular weight excluding hydrogens is 218 g/mol. The van der Waals surface area contributed by atoms with Gasteiger partial charge in [0.25, 0.3) is 0 Å². The van der Waals surface area contributed by atoms with Gasteiger partial charge in [-0.2, -0.15) is 5.10 Å². The zero-order valence-electron chi connectivity index (χ0n) is 9.79. The molecule has 0 aliphatic carbocycles. The maximum atomic E-state index is 5.58. The molecule has 0 amide bonds. The molecule has 2 rings (SSSR count). The van der Waals surface area contributed by atoms with Crippen molar-refractivity contribution in [3.8, 4) is 5.75 Å². The second-order valence-electron chi connectivity index (χ2n) is 3.71. The molecule has 2 heterocycles. The lowest BCUT2D eigenvalue weighted by Crippen LogP contribution is -2.28. The van der Waals surface area contributed by atoms with E-state index in [1.807, 2.05) is 19.3 Å². The molecule has 0 radical (unpaired) electrons. The number of aryl methyl sites for hydroxylation is 1. The van der Waals surface area contributed by atoms with E-state index in [0.717, 1.165) is 11.1 Å². The Hall–Kier alpha value is -1.92. The molecule has 2 aromatic heterocycles. The Morgan fingerprint density at radius 2 is 2.18 bits per heavy atom. The lowest BCUT2D eigenvalue weighted by Gasteiger charge is -2.14. The second kappa shape index (κ2) is 4.94. The van der Waals surface area contributed by atoms with E-state index in [4.69, 9.17) is 10.6 Å². The molecule has 6 heteroatoms. The molecule has 0 bridgehead atoms. The lowest BCUT2D eigenvalue weighted by molar-refractivity contribution is 0.411. The minimum atomic E-state index is -0.147. The highest BCUT2D eigenvalue weighted by atomic mass is 16.5. The van der Waals surface area contributed by atoms with Crippen LogP contribution in [-0.4, -0.2) is 21.9 Å². The van der Waals surface area contributed by atoms with Gasteiger partial charge >= 0.3 is 0 Å². The van der Waals surface area contributed by atoms with Crippen LogP contribution in [0.25, 0.3) is 0 Å². The minimum absolute atomic E-state index is 0.147. The molecule has 6 nitrogen and oxygen atoms in total. The Bertz CT molecular complexity index is 496. The summed E-state index contributed by atoms with van der Waals surface area (Å²) in [6.07, 6.45) is 7.08. The molecule has 90 valence electrons. The molecule has 0 aromatic carbocycles. The standard InChI is InChI=1S/C11H15N5O/c1-16-7-9(5-14-16)11(15-12)8-3-10(17-2)6-13-4-8/h3-7,11,15H,12H2,1-2H3. The van der Waals surface area contributed by atoms with Gasteiger partial charge in [0.2, 0.25) is 0 Å². The molecule has 0 saturated carbocycles. The maximum absolute atomic E-state index is 5.58. The molecule has 0 aliphatic rings.